The number of aromatic nitrogens is 1. The van der Waals surface area contributed by atoms with Gasteiger partial charge in [-0.3, -0.25) is 0 Å². The fraction of sp³-hybridized carbons (Fsp3) is 0. The van der Waals surface area contributed by atoms with Crippen LogP contribution in [-0.2, 0) is 0 Å². The molecule has 3 heteroatoms. The first-order chi connectivity index (χ1) is 10.8. The van der Waals surface area contributed by atoms with E-state index in [1.165, 1.54) is 0 Å². The molecule has 2 heterocycles. The molecule has 0 bridgehead atoms. The van der Waals surface area contributed by atoms with E-state index >= 15 is 0 Å². The van der Waals surface area contributed by atoms with Gasteiger partial charge in [-0.25, -0.2) is 4.98 Å². The second-order valence-electron chi connectivity index (χ2n) is 5.01. The van der Waals surface area contributed by atoms with Gasteiger partial charge in [0.25, 0.3) is 0 Å². The van der Waals surface area contributed by atoms with E-state index in [0.29, 0.717) is 10.7 Å². The maximum absolute atomic E-state index is 6.41. The van der Waals surface area contributed by atoms with Crippen LogP contribution < -0.4 is 0 Å². The van der Waals surface area contributed by atoms with E-state index in [1.807, 2.05) is 48.5 Å². The number of fused-ring (bicyclic) bond motifs is 1. The van der Waals surface area contributed by atoms with Crippen LogP contribution in [0.3, 0.4) is 0 Å². The maximum Gasteiger partial charge on any atom is 0.228 e. The molecule has 0 atom stereocenters. The Kier molecular flexibility index (Phi) is 3.17. The van der Waals surface area contributed by atoms with Crippen molar-refractivity contribution in [3.05, 3.63) is 77.9 Å². The van der Waals surface area contributed by atoms with E-state index in [4.69, 9.17) is 16.0 Å². The molecule has 0 saturated heterocycles. The molecule has 0 radical (unpaired) electrons. The van der Waals surface area contributed by atoms with Crippen molar-refractivity contribution in [3.63, 3.8) is 0 Å². The molecule has 2 aromatic heterocycles. The number of benzene rings is 2. The van der Waals surface area contributed by atoms with Gasteiger partial charge in [0.15, 0.2) is 0 Å². The van der Waals surface area contributed by atoms with E-state index in [1.54, 1.807) is 12.3 Å². The van der Waals surface area contributed by atoms with Gasteiger partial charge in [0.2, 0.25) is 5.71 Å². The molecule has 2 nitrogen and oxygen atoms in total. The quantitative estimate of drug-likeness (QED) is 0.466. The summed E-state index contributed by atoms with van der Waals surface area (Å²) in [7, 11) is 0. The van der Waals surface area contributed by atoms with Crippen LogP contribution in [0.5, 0.6) is 0 Å². The minimum Gasteiger partial charge on any atom is -0.437 e. The number of hydrogen-bond acceptors (Lipinski definition) is 2. The number of hydrogen-bond donors (Lipinski definition) is 0. The first-order valence-electron chi connectivity index (χ1n) is 7.02. The van der Waals surface area contributed by atoms with Crippen LogP contribution in [0.15, 0.2) is 77.3 Å². The van der Waals surface area contributed by atoms with Gasteiger partial charge in [0.1, 0.15) is 5.76 Å². The zero-order valence-electron chi connectivity index (χ0n) is 11.7. The van der Waals surface area contributed by atoms with Gasteiger partial charge in [-0.15, -0.1) is 0 Å². The standard InChI is InChI=1S/C19H12ClNO/c20-15-11-12-21-19-17(15)16(13-7-3-1-4-8-13)18(22-19)14-9-5-2-6-10-14/h1-12H. The molecule has 0 fully saturated rings. The highest BCUT2D eigenvalue weighted by molar-refractivity contribution is 6.36. The van der Waals surface area contributed by atoms with Crippen molar-refractivity contribution in [3.8, 4) is 22.5 Å². The number of nitrogens with zero attached hydrogens (tertiary/aromatic N) is 1. The van der Waals surface area contributed by atoms with Gasteiger partial charge in [0, 0.05) is 17.3 Å². The van der Waals surface area contributed by atoms with Crippen molar-refractivity contribution in [2.45, 2.75) is 0 Å². The van der Waals surface area contributed by atoms with Crippen LogP contribution in [0, 0.1) is 0 Å². The average molecular weight is 306 g/mol. The van der Waals surface area contributed by atoms with Crippen molar-refractivity contribution in [2.24, 2.45) is 0 Å². The summed E-state index contributed by atoms with van der Waals surface area (Å²) < 4.78 is 6.02. The Bertz CT molecular complexity index is 930. The fourth-order valence-electron chi connectivity index (χ4n) is 2.66. The van der Waals surface area contributed by atoms with Crippen LogP contribution in [0.2, 0.25) is 5.02 Å². The summed E-state index contributed by atoms with van der Waals surface area (Å²) in [6, 6.07) is 21.9. The highest BCUT2D eigenvalue weighted by atomic mass is 35.5. The van der Waals surface area contributed by atoms with E-state index < -0.39 is 0 Å². The molecule has 0 unspecified atom stereocenters. The topological polar surface area (TPSA) is 26.0 Å². The molecule has 4 rings (SSSR count). The number of furan rings is 1. The molecule has 0 aliphatic heterocycles. The van der Waals surface area contributed by atoms with Gasteiger partial charge in [-0.05, 0) is 11.6 Å². The van der Waals surface area contributed by atoms with Crippen molar-refractivity contribution < 1.29 is 4.42 Å². The minimum atomic E-state index is 0.560. The maximum atomic E-state index is 6.41. The fourth-order valence-corrected chi connectivity index (χ4v) is 2.89. The summed E-state index contributed by atoms with van der Waals surface area (Å²) in [4.78, 5) is 4.32. The molecular weight excluding hydrogens is 294 g/mol. The summed E-state index contributed by atoms with van der Waals surface area (Å²) >= 11 is 6.41. The first kappa shape index (κ1) is 13.1. The van der Waals surface area contributed by atoms with Gasteiger partial charge in [-0.2, -0.15) is 0 Å². The summed E-state index contributed by atoms with van der Waals surface area (Å²) in [5, 5.41) is 1.50. The average Bonchev–Trinajstić information content (AvgIpc) is 2.97. The lowest BCUT2D eigenvalue weighted by Crippen LogP contribution is -1.81. The molecule has 0 aliphatic carbocycles. The van der Waals surface area contributed by atoms with Crippen molar-refractivity contribution in [1.29, 1.82) is 0 Å². The number of pyridine rings is 1. The Morgan fingerprint density at radius 3 is 2.09 bits per heavy atom. The third-order valence-corrected chi connectivity index (χ3v) is 3.95. The van der Waals surface area contributed by atoms with E-state index in [9.17, 15) is 0 Å². The Morgan fingerprint density at radius 2 is 1.41 bits per heavy atom. The summed E-state index contributed by atoms with van der Waals surface area (Å²) in [6.45, 7) is 0. The summed E-state index contributed by atoms with van der Waals surface area (Å²) in [5.74, 6) is 0.794. The Morgan fingerprint density at radius 1 is 0.773 bits per heavy atom. The number of halogens is 1. The zero-order chi connectivity index (χ0) is 14.9. The molecule has 22 heavy (non-hydrogen) atoms. The van der Waals surface area contributed by atoms with Gasteiger partial charge >= 0.3 is 0 Å². The van der Waals surface area contributed by atoms with Crippen LogP contribution in [0.25, 0.3) is 33.6 Å². The Hall–Kier alpha value is -2.58. The lowest BCUT2D eigenvalue weighted by Gasteiger charge is -2.04. The Labute approximate surface area is 133 Å². The summed E-state index contributed by atoms with van der Waals surface area (Å²) in [5.41, 5.74) is 3.62. The predicted molar refractivity (Wildman–Crippen MR) is 89.9 cm³/mol. The Balaban J connectivity index is 2.11. The highest BCUT2D eigenvalue weighted by Crippen LogP contribution is 2.42. The second kappa shape index (κ2) is 5.32. The highest BCUT2D eigenvalue weighted by Gasteiger charge is 2.20. The molecular formula is C19H12ClNO. The van der Waals surface area contributed by atoms with Crippen molar-refractivity contribution in [2.75, 3.05) is 0 Å². The second-order valence-corrected chi connectivity index (χ2v) is 5.42. The SMILES string of the molecule is Clc1ccnc2oc(-c3ccccc3)c(-c3ccccc3)c12. The van der Waals surface area contributed by atoms with E-state index in [2.05, 4.69) is 17.1 Å². The third kappa shape index (κ3) is 2.09. The monoisotopic (exact) mass is 305 g/mol. The molecule has 0 saturated carbocycles. The van der Waals surface area contributed by atoms with Gasteiger partial charge in [0.05, 0.1) is 10.4 Å². The zero-order valence-corrected chi connectivity index (χ0v) is 12.4. The lowest BCUT2D eigenvalue weighted by molar-refractivity contribution is 0.619. The third-order valence-electron chi connectivity index (χ3n) is 3.64. The molecule has 0 aliphatic rings. The predicted octanol–water partition coefficient (Wildman–Crippen LogP) is 5.82. The van der Waals surface area contributed by atoms with Crippen LogP contribution in [-0.4, -0.2) is 4.98 Å². The summed E-state index contributed by atoms with van der Waals surface area (Å²) in [6.07, 6.45) is 1.66. The van der Waals surface area contributed by atoms with E-state index in [-0.39, 0.29) is 0 Å². The van der Waals surface area contributed by atoms with E-state index in [0.717, 1.165) is 27.8 Å². The molecule has 106 valence electrons. The van der Waals surface area contributed by atoms with Crippen LogP contribution in [0.1, 0.15) is 0 Å². The number of rotatable bonds is 2. The minimum absolute atomic E-state index is 0.560. The van der Waals surface area contributed by atoms with Crippen LogP contribution in [0.4, 0.5) is 0 Å². The normalized spacial score (nSPS) is 11.0. The van der Waals surface area contributed by atoms with Gasteiger partial charge in [-0.1, -0.05) is 72.3 Å². The molecule has 4 aromatic rings. The largest absolute Gasteiger partial charge is 0.437 e. The van der Waals surface area contributed by atoms with Gasteiger partial charge < -0.3 is 4.42 Å². The molecule has 2 aromatic carbocycles. The molecule has 0 spiro atoms. The molecule has 0 N–H and O–H groups in total. The van der Waals surface area contributed by atoms with Crippen molar-refractivity contribution in [1.82, 2.24) is 4.98 Å². The first-order valence-corrected chi connectivity index (χ1v) is 7.40. The molecule has 0 amide bonds. The lowest BCUT2D eigenvalue weighted by atomic mass is 9.99. The van der Waals surface area contributed by atoms with Crippen molar-refractivity contribution >= 4 is 22.7 Å². The smallest absolute Gasteiger partial charge is 0.228 e. The van der Waals surface area contributed by atoms with Crippen LogP contribution >= 0.6 is 11.6 Å².